The second-order valence-corrected chi connectivity index (χ2v) is 9.46. The molecule has 34 heavy (non-hydrogen) atoms. The van der Waals surface area contributed by atoms with Crippen molar-refractivity contribution in [3.63, 3.8) is 0 Å². The minimum atomic E-state index is -1.58. The maximum absolute atomic E-state index is 12.3. The molecule has 0 bridgehead atoms. The van der Waals surface area contributed by atoms with E-state index in [0.29, 0.717) is 21.2 Å². The van der Waals surface area contributed by atoms with Gasteiger partial charge in [-0.1, -0.05) is 90.0 Å². The molecule has 4 nitrogen and oxygen atoms in total. The number of benzene rings is 3. The van der Waals surface area contributed by atoms with E-state index in [2.05, 4.69) is 11.2 Å². The lowest BCUT2D eigenvalue weighted by Gasteiger charge is -2.43. The van der Waals surface area contributed by atoms with E-state index in [1.807, 2.05) is 83.7 Å². The zero-order chi connectivity index (χ0) is 23.9. The van der Waals surface area contributed by atoms with Gasteiger partial charge in [-0.3, -0.25) is 5.41 Å². The van der Waals surface area contributed by atoms with Gasteiger partial charge in [0.15, 0.2) is 12.4 Å². The fourth-order valence-corrected chi connectivity index (χ4v) is 5.33. The molecule has 0 saturated carbocycles. The third-order valence-corrected chi connectivity index (χ3v) is 7.35. The molecule has 3 aromatic carbocycles. The largest absolute Gasteiger partial charge is 0.362 e. The van der Waals surface area contributed by atoms with Crippen LogP contribution in [0.1, 0.15) is 23.1 Å². The van der Waals surface area contributed by atoms with Crippen LogP contribution in [0.5, 0.6) is 0 Å². The number of hydrogen-bond donors (Lipinski definition) is 3. The Morgan fingerprint density at radius 1 is 0.941 bits per heavy atom. The average Bonchev–Trinajstić information content (AvgIpc) is 2.85. The van der Waals surface area contributed by atoms with Gasteiger partial charge in [0, 0.05) is 17.0 Å². The van der Waals surface area contributed by atoms with Gasteiger partial charge in [0.2, 0.25) is 11.8 Å². The van der Waals surface area contributed by atoms with Crippen molar-refractivity contribution in [1.82, 2.24) is 5.32 Å². The summed E-state index contributed by atoms with van der Waals surface area (Å²) in [6.07, 6.45) is 3.93. The van der Waals surface area contributed by atoms with Crippen molar-refractivity contribution < 1.29 is 9.67 Å². The first-order chi connectivity index (χ1) is 16.4. The van der Waals surface area contributed by atoms with Gasteiger partial charge in [0.25, 0.3) is 0 Å². The molecule has 7 heteroatoms. The van der Waals surface area contributed by atoms with E-state index in [-0.39, 0.29) is 4.99 Å². The number of hydrogen-bond acceptors (Lipinski definition) is 3. The summed E-state index contributed by atoms with van der Waals surface area (Å²) in [7, 11) is 0. The Morgan fingerprint density at radius 2 is 1.65 bits per heavy atom. The summed E-state index contributed by atoms with van der Waals surface area (Å²) < 4.78 is 1.97. The summed E-state index contributed by atoms with van der Waals surface area (Å²) in [6.45, 7) is 0. The SMILES string of the molecule is N=C=C1C(=S)N[C@@](O)(c2ccccc2)[C@H]([n+]2ccc3ccccc3c2)[C@H]1c1ccc(Cl)c(Cl)c1. The number of piperidine rings is 1. The second kappa shape index (κ2) is 8.95. The second-order valence-electron chi connectivity index (χ2n) is 8.24. The van der Waals surface area contributed by atoms with E-state index in [0.717, 1.165) is 16.3 Å². The normalized spacial score (nSPS) is 22.3. The highest BCUT2D eigenvalue weighted by molar-refractivity contribution is 7.80. The molecular weight excluding hydrogens is 485 g/mol. The number of fused-ring (bicyclic) bond motifs is 1. The van der Waals surface area contributed by atoms with Crippen LogP contribution in [0, 0.1) is 5.41 Å². The number of rotatable bonds is 3. The Labute approximate surface area is 212 Å². The molecule has 1 saturated heterocycles. The minimum absolute atomic E-state index is 0.259. The molecule has 1 aliphatic rings. The van der Waals surface area contributed by atoms with Crippen molar-refractivity contribution in [2.75, 3.05) is 0 Å². The standard InChI is InChI=1S/C27H19Cl2N3OS/c28-22-11-10-18(14-23(22)29)24-21(15-30)26(34)31-27(33,20-8-2-1-3-9-20)25(24)32-13-12-17-6-4-5-7-19(17)16-32/h1-14,16,24-25,30,33H/p+1/t24-,25+,27+/m0/s1. The van der Waals surface area contributed by atoms with Crippen LogP contribution >= 0.6 is 35.4 Å². The Balaban J connectivity index is 1.81. The van der Waals surface area contributed by atoms with Gasteiger partial charge in [0.05, 0.1) is 21.5 Å². The van der Waals surface area contributed by atoms with E-state index >= 15 is 0 Å². The first-order valence-electron chi connectivity index (χ1n) is 10.7. The molecule has 0 radical (unpaired) electrons. The van der Waals surface area contributed by atoms with Gasteiger partial charge >= 0.3 is 0 Å². The number of nitrogens with zero attached hydrogens (tertiary/aromatic N) is 1. The van der Waals surface area contributed by atoms with Crippen LogP contribution in [-0.4, -0.2) is 16.0 Å². The highest BCUT2D eigenvalue weighted by Gasteiger charge is 2.56. The quantitative estimate of drug-likeness (QED) is 0.145. The van der Waals surface area contributed by atoms with Crippen LogP contribution in [-0.2, 0) is 5.72 Å². The van der Waals surface area contributed by atoms with Crippen LogP contribution in [0.3, 0.4) is 0 Å². The van der Waals surface area contributed by atoms with Gasteiger partial charge in [-0.2, -0.15) is 4.57 Å². The lowest BCUT2D eigenvalue weighted by Crippen LogP contribution is -2.65. The lowest BCUT2D eigenvalue weighted by molar-refractivity contribution is -0.742. The molecule has 1 fully saturated rings. The third kappa shape index (κ3) is 3.82. The van der Waals surface area contributed by atoms with Crippen LogP contribution in [0.4, 0.5) is 0 Å². The lowest BCUT2D eigenvalue weighted by atomic mass is 9.74. The maximum Gasteiger partial charge on any atom is 0.227 e. The molecular formula is C27H20Cl2N3OS+. The highest BCUT2D eigenvalue weighted by Crippen LogP contribution is 2.46. The van der Waals surface area contributed by atoms with Crippen molar-refractivity contribution in [3.05, 3.63) is 118 Å². The van der Waals surface area contributed by atoms with E-state index in [1.54, 1.807) is 12.1 Å². The molecule has 0 spiro atoms. The molecule has 0 amide bonds. The molecule has 1 aromatic heterocycles. The van der Waals surface area contributed by atoms with Crippen LogP contribution in [0.15, 0.2) is 96.8 Å². The Kier molecular flexibility index (Phi) is 5.98. The van der Waals surface area contributed by atoms with Gasteiger partial charge in [0.1, 0.15) is 4.99 Å². The molecule has 0 unspecified atom stereocenters. The molecule has 1 aliphatic heterocycles. The predicted octanol–water partition coefficient (Wildman–Crippen LogP) is 5.71. The van der Waals surface area contributed by atoms with E-state index in [4.69, 9.17) is 40.8 Å². The van der Waals surface area contributed by atoms with Crippen LogP contribution in [0.25, 0.3) is 10.8 Å². The van der Waals surface area contributed by atoms with E-state index < -0.39 is 17.7 Å². The number of thiocarbonyl (C=S) groups is 1. The molecule has 4 aromatic rings. The Morgan fingerprint density at radius 3 is 2.35 bits per heavy atom. The Hall–Kier alpha value is -3.05. The highest BCUT2D eigenvalue weighted by atomic mass is 35.5. The summed E-state index contributed by atoms with van der Waals surface area (Å²) >= 11 is 18.2. The third-order valence-electron chi connectivity index (χ3n) is 6.29. The summed E-state index contributed by atoms with van der Waals surface area (Å²) in [5.74, 6) is 1.99. The molecule has 0 aliphatic carbocycles. The molecule has 168 valence electrons. The van der Waals surface area contributed by atoms with Crippen molar-refractivity contribution >= 4 is 57.1 Å². The Bertz CT molecular complexity index is 1470. The topological polar surface area (TPSA) is 60.0 Å². The number of pyridine rings is 1. The monoisotopic (exact) mass is 504 g/mol. The summed E-state index contributed by atoms with van der Waals surface area (Å²) in [5, 5.41) is 26.4. The van der Waals surface area contributed by atoms with Crippen LogP contribution in [0.2, 0.25) is 10.0 Å². The van der Waals surface area contributed by atoms with Crippen molar-refractivity contribution in [2.24, 2.45) is 0 Å². The van der Waals surface area contributed by atoms with E-state index in [1.165, 1.54) is 0 Å². The van der Waals surface area contributed by atoms with Gasteiger partial charge in [-0.05, 0) is 35.0 Å². The predicted molar refractivity (Wildman–Crippen MR) is 140 cm³/mol. The summed E-state index contributed by atoms with van der Waals surface area (Å²) in [6, 6.07) is 24.1. The molecule has 3 N–H and O–H groups in total. The molecule has 3 atom stereocenters. The molecule has 5 rings (SSSR count). The fraction of sp³-hybridized carbons (Fsp3) is 0.111. The fourth-order valence-electron chi connectivity index (χ4n) is 4.69. The average molecular weight is 505 g/mol. The van der Waals surface area contributed by atoms with Crippen molar-refractivity contribution in [1.29, 1.82) is 5.41 Å². The summed E-state index contributed by atoms with van der Waals surface area (Å²) in [4.78, 5) is 0.259. The van der Waals surface area contributed by atoms with Gasteiger partial charge < -0.3 is 10.4 Å². The van der Waals surface area contributed by atoms with Crippen molar-refractivity contribution in [2.45, 2.75) is 17.7 Å². The molecule has 2 heterocycles. The number of aliphatic hydroxyl groups is 1. The van der Waals surface area contributed by atoms with Gasteiger partial charge in [-0.25, -0.2) is 0 Å². The van der Waals surface area contributed by atoms with E-state index in [9.17, 15) is 5.11 Å². The summed E-state index contributed by atoms with van der Waals surface area (Å²) in [5.41, 5.74) is 0.299. The number of halogens is 2. The zero-order valence-electron chi connectivity index (χ0n) is 17.9. The number of nitrogens with one attached hydrogen (secondary N) is 2. The van der Waals surface area contributed by atoms with Crippen molar-refractivity contribution in [3.8, 4) is 0 Å². The number of aromatic nitrogens is 1. The first kappa shape index (κ1) is 22.7. The first-order valence-corrected chi connectivity index (χ1v) is 11.8. The van der Waals surface area contributed by atoms with Crippen LogP contribution < -0.4 is 9.88 Å². The van der Waals surface area contributed by atoms with Gasteiger partial charge in [-0.15, -0.1) is 0 Å². The zero-order valence-corrected chi connectivity index (χ0v) is 20.2. The maximum atomic E-state index is 12.3. The minimum Gasteiger partial charge on any atom is -0.362 e. The smallest absolute Gasteiger partial charge is 0.227 e.